The zero-order valence-corrected chi connectivity index (χ0v) is 19.1. The van der Waals surface area contributed by atoms with Crippen LogP contribution in [0.5, 0.6) is 11.5 Å². The molecule has 3 aromatic rings. The summed E-state index contributed by atoms with van der Waals surface area (Å²) in [5, 5.41) is 4.38. The van der Waals surface area contributed by atoms with Crippen LogP contribution in [0.1, 0.15) is 22.2 Å². The van der Waals surface area contributed by atoms with E-state index in [1.54, 1.807) is 48.9 Å². The Kier molecular flexibility index (Phi) is 7.19. The Bertz CT molecular complexity index is 1120. The summed E-state index contributed by atoms with van der Waals surface area (Å²) in [4.78, 5) is 12.8. The fourth-order valence-corrected chi connectivity index (χ4v) is 5.39. The quantitative estimate of drug-likeness (QED) is 0.523. The van der Waals surface area contributed by atoms with Crippen LogP contribution in [-0.2, 0) is 16.6 Å². The monoisotopic (exact) mass is 460 g/mol. The van der Waals surface area contributed by atoms with Crippen LogP contribution in [0, 0.1) is 0 Å². The third-order valence-electron chi connectivity index (χ3n) is 4.60. The summed E-state index contributed by atoms with van der Waals surface area (Å²) in [5.41, 5.74) is 1.35. The van der Waals surface area contributed by atoms with Gasteiger partial charge in [0.25, 0.3) is 15.9 Å². The molecule has 0 saturated heterocycles. The van der Waals surface area contributed by atoms with E-state index < -0.39 is 15.9 Å². The third kappa shape index (κ3) is 5.18. The topological polar surface area (TPSA) is 84.9 Å². The second kappa shape index (κ2) is 9.84. The summed E-state index contributed by atoms with van der Waals surface area (Å²) in [6.45, 7) is 2.68. The van der Waals surface area contributed by atoms with Gasteiger partial charge >= 0.3 is 0 Å². The van der Waals surface area contributed by atoms with Crippen molar-refractivity contribution in [3.63, 3.8) is 0 Å². The van der Waals surface area contributed by atoms with Crippen molar-refractivity contribution < 1.29 is 22.7 Å². The number of amides is 1. The molecule has 1 heterocycles. The molecule has 1 N–H and O–H groups in total. The van der Waals surface area contributed by atoms with Gasteiger partial charge in [0.1, 0.15) is 21.3 Å². The number of carbonyl (C=O) groups excluding carboxylic acids is 1. The highest BCUT2D eigenvalue weighted by atomic mass is 32.2. The lowest BCUT2D eigenvalue weighted by atomic mass is 10.2. The molecule has 0 aliphatic carbocycles. The average Bonchev–Trinajstić information content (AvgIpc) is 3.29. The van der Waals surface area contributed by atoms with E-state index in [0.29, 0.717) is 18.0 Å². The van der Waals surface area contributed by atoms with Crippen LogP contribution in [-0.4, -0.2) is 35.1 Å². The van der Waals surface area contributed by atoms with Gasteiger partial charge in [0.05, 0.1) is 19.4 Å². The number of anilines is 1. The number of methoxy groups -OCH3 is 1. The van der Waals surface area contributed by atoms with Crippen LogP contribution < -0.4 is 19.1 Å². The number of hydrogen-bond donors (Lipinski definition) is 1. The Hall–Kier alpha value is -3.04. The minimum atomic E-state index is -3.92. The molecule has 7 nitrogen and oxygen atoms in total. The lowest BCUT2D eigenvalue weighted by molar-refractivity contribution is 0.0952. The van der Waals surface area contributed by atoms with Gasteiger partial charge in [-0.3, -0.25) is 9.10 Å². The van der Waals surface area contributed by atoms with Crippen molar-refractivity contribution in [2.75, 3.05) is 25.1 Å². The second-order valence-corrected chi connectivity index (χ2v) is 9.40. The van der Waals surface area contributed by atoms with E-state index in [9.17, 15) is 13.2 Å². The van der Waals surface area contributed by atoms with E-state index in [-0.39, 0.29) is 16.3 Å². The van der Waals surface area contributed by atoms with E-state index in [1.807, 2.05) is 19.1 Å². The first-order valence-electron chi connectivity index (χ1n) is 9.57. The smallest absolute Gasteiger partial charge is 0.265 e. The summed E-state index contributed by atoms with van der Waals surface area (Å²) < 4.78 is 38.0. The van der Waals surface area contributed by atoms with Crippen LogP contribution in [0.4, 0.5) is 5.69 Å². The molecule has 0 spiro atoms. The molecule has 1 amide bonds. The van der Waals surface area contributed by atoms with Gasteiger partial charge < -0.3 is 14.8 Å². The maximum absolute atomic E-state index is 13.2. The second-order valence-electron chi connectivity index (χ2n) is 6.54. The van der Waals surface area contributed by atoms with E-state index in [2.05, 4.69) is 5.32 Å². The molecule has 0 atom stereocenters. The summed E-state index contributed by atoms with van der Waals surface area (Å²) in [6, 6.07) is 15.5. The maximum Gasteiger partial charge on any atom is 0.265 e. The Balaban J connectivity index is 1.75. The Labute approximate surface area is 186 Å². The molecule has 0 aliphatic rings. The standard InChI is InChI=1S/C22H24N2O5S2/c1-4-29-19-11-7-17(8-12-19)24(2)31(26,27)20-13-14-30-21(20)22(25)23-15-16-5-9-18(28-3)10-6-16/h5-14H,4,15H2,1-3H3,(H,23,25). The van der Waals surface area contributed by atoms with Gasteiger partial charge in [-0.15, -0.1) is 11.3 Å². The van der Waals surface area contributed by atoms with Crippen molar-refractivity contribution in [2.45, 2.75) is 18.4 Å². The number of rotatable bonds is 9. The summed E-state index contributed by atoms with van der Waals surface area (Å²) >= 11 is 1.09. The lowest BCUT2D eigenvalue weighted by Crippen LogP contribution is -2.29. The number of nitrogens with one attached hydrogen (secondary N) is 1. The number of carbonyl (C=O) groups is 1. The molecule has 0 saturated carbocycles. The van der Waals surface area contributed by atoms with Gasteiger partial charge in [-0.1, -0.05) is 12.1 Å². The maximum atomic E-state index is 13.2. The highest BCUT2D eigenvalue weighted by molar-refractivity contribution is 7.93. The first-order valence-corrected chi connectivity index (χ1v) is 11.9. The number of thiophene rings is 1. The molecule has 9 heteroatoms. The zero-order chi connectivity index (χ0) is 22.4. The highest BCUT2D eigenvalue weighted by Crippen LogP contribution is 2.29. The van der Waals surface area contributed by atoms with Crippen molar-refractivity contribution in [1.29, 1.82) is 0 Å². The van der Waals surface area contributed by atoms with Gasteiger partial charge in [-0.25, -0.2) is 8.42 Å². The van der Waals surface area contributed by atoms with Gasteiger partial charge in [0, 0.05) is 13.6 Å². The van der Waals surface area contributed by atoms with E-state index in [1.165, 1.54) is 13.1 Å². The average molecular weight is 461 g/mol. The van der Waals surface area contributed by atoms with Crippen molar-refractivity contribution in [3.05, 3.63) is 70.4 Å². The molecular weight excluding hydrogens is 436 g/mol. The predicted octanol–water partition coefficient (Wildman–Crippen LogP) is 3.91. The molecule has 2 aromatic carbocycles. The summed E-state index contributed by atoms with van der Waals surface area (Å²) in [5.74, 6) is 0.940. The number of nitrogens with zero attached hydrogens (tertiary/aromatic N) is 1. The molecule has 0 fully saturated rings. The Morgan fingerprint density at radius 3 is 2.29 bits per heavy atom. The van der Waals surface area contributed by atoms with Crippen LogP contribution >= 0.6 is 11.3 Å². The van der Waals surface area contributed by atoms with Gasteiger partial charge in [0.15, 0.2) is 0 Å². The van der Waals surface area contributed by atoms with Crippen LogP contribution in [0.25, 0.3) is 0 Å². The highest BCUT2D eigenvalue weighted by Gasteiger charge is 2.28. The fourth-order valence-electron chi connectivity index (χ4n) is 2.88. The lowest BCUT2D eigenvalue weighted by Gasteiger charge is -2.20. The molecule has 31 heavy (non-hydrogen) atoms. The molecule has 164 valence electrons. The molecule has 0 radical (unpaired) electrons. The fraction of sp³-hybridized carbons (Fsp3) is 0.227. The molecule has 0 bridgehead atoms. The SMILES string of the molecule is CCOc1ccc(N(C)S(=O)(=O)c2ccsc2C(=O)NCc2ccc(OC)cc2)cc1. The minimum absolute atomic E-state index is 0.0267. The molecule has 3 rings (SSSR count). The third-order valence-corrected chi connectivity index (χ3v) is 7.47. The molecular formula is C22H24N2O5S2. The van der Waals surface area contributed by atoms with Crippen molar-refractivity contribution in [2.24, 2.45) is 0 Å². The zero-order valence-electron chi connectivity index (χ0n) is 17.5. The Morgan fingerprint density at radius 1 is 1.03 bits per heavy atom. The van der Waals surface area contributed by atoms with E-state index in [4.69, 9.17) is 9.47 Å². The van der Waals surface area contributed by atoms with Crippen molar-refractivity contribution >= 4 is 33.0 Å². The largest absolute Gasteiger partial charge is 0.497 e. The number of benzene rings is 2. The van der Waals surface area contributed by atoms with Crippen molar-refractivity contribution in [3.8, 4) is 11.5 Å². The summed E-state index contributed by atoms with van der Waals surface area (Å²) in [6.07, 6.45) is 0. The molecule has 1 aromatic heterocycles. The van der Waals surface area contributed by atoms with E-state index >= 15 is 0 Å². The first kappa shape index (κ1) is 22.6. The summed E-state index contributed by atoms with van der Waals surface area (Å²) in [7, 11) is -0.873. The van der Waals surface area contributed by atoms with Crippen LogP contribution in [0.2, 0.25) is 0 Å². The Morgan fingerprint density at radius 2 is 1.68 bits per heavy atom. The normalized spacial score (nSPS) is 11.1. The predicted molar refractivity (Wildman–Crippen MR) is 122 cm³/mol. The van der Waals surface area contributed by atoms with Gasteiger partial charge in [0.2, 0.25) is 0 Å². The molecule has 0 aliphatic heterocycles. The number of ether oxygens (including phenoxy) is 2. The van der Waals surface area contributed by atoms with Crippen molar-refractivity contribution in [1.82, 2.24) is 5.32 Å². The van der Waals surface area contributed by atoms with Gasteiger partial charge in [-0.2, -0.15) is 0 Å². The van der Waals surface area contributed by atoms with E-state index in [0.717, 1.165) is 27.0 Å². The first-order chi connectivity index (χ1) is 14.9. The number of sulfonamides is 1. The van der Waals surface area contributed by atoms with Gasteiger partial charge in [-0.05, 0) is 60.3 Å². The van der Waals surface area contributed by atoms with Crippen LogP contribution in [0.15, 0.2) is 64.9 Å². The molecule has 0 unspecified atom stereocenters. The van der Waals surface area contributed by atoms with Crippen LogP contribution in [0.3, 0.4) is 0 Å². The minimum Gasteiger partial charge on any atom is -0.497 e. The number of hydrogen-bond acceptors (Lipinski definition) is 6.